The van der Waals surface area contributed by atoms with Crippen molar-refractivity contribution in [1.29, 1.82) is 0 Å². The molecule has 0 atom stereocenters. The standard InChI is InChI=1S/C13H25NO/c1-2-6-13(7-3-1)15-11-5-4-10-14-12-8-9-12/h12-14H,1-11H2. The van der Waals surface area contributed by atoms with E-state index in [1.165, 1.54) is 64.3 Å². The van der Waals surface area contributed by atoms with Gasteiger partial charge in [-0.15, -0.1) is 0 Å². The molecule has 0 aromatic carbocycles. The molecule has 2 fully saturated rings. The number of ether oxygens (including phenoxy) is 1. The molecule has 0 unspecified atom stereocenters. The van der Waals surface area contributed by atoms with Crippen molar-refractivity contribution in [3.8, 4) is 0 Å². The van der Waals surface area contributed by atoms with Gasteiger partial charge < -0.3 is 10.1 Å². The summed E-state index contributed by atoms with van der Waals surface area (Å²) in [5, 5.41) is 3.54. The molecular weight excluding hydrogens is 186 g/mol. The second kappa shape index (κ2) is 6.49. The fraction of sp³-hybridized carbons (Fsp3) is 1.00. The summed E-state index contributed by atoms with van der Waals surface area (Å²) in [5.41, 5.74) is 0. The van der Waals surface area contributed by atoms with E-state index in [9.17, 15) is 0 Å². The third-order valence-corrected chi connectivity index (χ3v) is 3.49. The van der Waals surface area contributed by atoms with Crippen LogP contribution in [0.4, 0.5) is 0 Å². The molecule has 0 spiro atoms. The molecule has 0 aromatic rings. The van der Waals surface area contributed by atoms with Gasteiger partial charge in [0, 0.05) is 12.6 Å². The Balaban J connectivity index is 1.37. The van der Waals surface area contributed by atoms with Gasteiger partial charge in [-0.25, -0.2) is 0 Å². The summed E-state index contributed by atoms with van der Waals surface area (Å²) in [7, 11) is 0. The van der Waals surface area contributed by atoms with E-state index < -0.39 is 0 Å². The van der Waals surface area contributed by atoms with E-state index in [1.807, 2.05) is 0 Å². The van der Waals surface area contributed by atoms with Gasteiger partial charge in [0.25, 0.3) is 0 Å². The van der Waals surface area contributed by atoms with Crippen LogP contribution in [0.25, 0.3) is 0 Å². The van der Waals surface area contributed by atoms with Crippen LogP contribution in [0, 0.1) is 0 Å². The van der Waals surface area contributed by atoms with E-state index in [4.69, 9.17) is 4.74 Å². The van der Waals surface area contributed by atoms with Gasteiger partial charge in [-0.05, 0) is 45.1 Å². The second-order valence-electron chi connectivity index (χ2n) is 5.07. The number of rotatable bonds is 7. The van der Waals surface area contributed by atoms with Gasteiger partial charge >= 0.3 is 0 Å². The highest BCUT2D eigenvalue weighted by atomic mass is 16.5. The zero-order valence-electron chi connectivity index (χ0n) is 9.84. The zero-order valence-corrected chi connectivity index (χ0v) is 9.84. The van der Waals surface area contributed by atoms with Crippen LogP contribution in [0.1, 0.15) is 57.8 Å². The number of hydrogen-bond acceptors (Lipinski definition) is 2. The third kappa shape index (κ3) is 4.98. The molecule has 0 saturated heterocycles. The maximum atomic E-state index is 5.88. The lowest BCUT2D eigenvalue weighted by Crippen LogP contribution is -2.19. The molecule has 0 bridgehead atoms. The molecule has 1 N–H and O–H groups in total. The van der Waals surface area contributed by atoms with E-state index >= 15 is 0 Å². The lowest BCUT2D eigenvalue weighted by Gasteiger charge is -2.21. The summed E-state index contributed by atoms with van der Waals surface area (Å²) < 4.78 is 5.88. The minimum Gasteiger partial charge on any atom is -0.378 e. The SMILES string of the molecule is C1CCC(OCCCCNC2CC2)CC1. The van der Waals surface area contributed by atoms with E-state index in [0.717, 1.165) is 12.6 Å². The van der Waals surface area contributed by atoms with Gasteiger partial charge in [0.2, 0.25) is 0 Å². The van der Waals surface area contributed by atoms with Gasteiger partial charge in [-0.1, -0.05) is 19.3 Å². The highest BCUT2D eigenvalue weighted by molar-refractivity contribution is 4.80. The first-order valence-electron chi connectivity index (χ1n) is 6.80. The molecule has 2 nitrogen and oxygen atoms in total. The predicted octanol–water partition coefficient (Wildman–Crippen LogP) is 2.87. The summed E-state index contributed by atoms with van der Waals surface area (Å²) in [4.78, 5) is 0. The summed E-state index contributed by atoms with van der Waals surface area (Å²) in [6, 6.07) is 0.865. The van der Waals surface area contributed by atoms with Crippen molar-refractivity contribution in [2.24, 2.45) is 0 Å². The lowest BCUT2D eigenvalue weighted by molar-refractivity contribution is 0.0265. The molecule has 2 aliphatic carbocycles. The second-order valence-corrected chi connectivity index (χ2v) is 5.07. The highest BCUT2D eigenvalue weighted by Crippen LogP contribution is 2.20. The maximum absolute atomic E-state index is 5.88. The van der Waals surface area contributed by atoms with E-state index in [-0.39, 0.29) is 0 Å². The quantitative estimate of drug-likeness (QED) is 0.654. The highest BCUT2D eigenvalue weighted by Gasteiger charge is 2.19. The van der Waals surface area contributed by atoms with Crippen LogP contribution < -0.4 is 5.32 Å². The molecule has 2 saturated carbocycles. The topological polar surface area (TPSA) is 21.3 Å². The number of nitrogens with one attached hydrogen (secondary N) is 1. The molecule has 0 amide bonds. The van der Waals surface area contributed by atoms with Crippen molar-refractivity contribution >= 4 is 0 Å². The smallest absolute Gasteiger partial charge is 0.0575 e. The predicted molar refractivity (Wildman–Crippen MR) is 63.1 cm³/mol. The molecule has 88 valence electrons. The Morgan fingerprint density at radius 1 is 0.933 bits per heavy atom. The Labute approximate surface area is 93.8 Å². The summed E-state index contributed by atoms with van der Waals surface area (Å²) >= 11 is 0. The van der Waals surface area contributed by atoms with Gasteiger partial charge in [0.05, 0.1) is 6.10 Å². The average molecular weight is 211 g/mol. The summed E-state index contributed by atoms with van der Waals surface area (Å²) in [6.45, 7) is 2.18. The zero-order chi connectivity index (χ0) is 10.3. The first kappa shape index (κ1) is 11.4. The minimum atomic E-state index is 0.593. The van der Waals surface area contributed by atoms with Crippen LogP contribution in [0.15, 0.2) is 0 Å². The van der Waals surface area contributed by atoms with Gasteiger partial charge in [0.15, 0.2) is 0 Å². The van der Waals surface area contributed by atoms with Gasteiger partial charge in [0.1, 0.15) is 0 Å². The van der Waals surface area contributed by atoms with Crippen LogP contribution in [0.2, 0.25) is 0 Å². The summed E-state index contributed by atoms with van der Waals surface area (Å²) in [6.07, 6.45) is 12.7. The monoisotopic (exact) mass is 211 g/mol. The average Bonchev–Trinajstić information content (AvgIpc) is 3.09. The molecule has 15 heavy (non-hydrogen) atoms. The number of hydrogen-bond donors (Lipinski definition) is 1. The Hall–Kier alpha value is -0.0800. The molecular formula is C13H25NO. The van der Waals surface area contributed by atoms with Crippen molar-refractivity contribution in [1.82, 2.24) is 5.32 Å². The van der Waals surface area contributed by atoms with Crippen molar-refractivity contribution in [2.75, 3.05) is 13.2 Å². The van der Waals surface area contributed by atoms with Crippen molar-refractivity contribution < 1.29 is 4.74 Å². The Kier molecular flexibility index (Phi) is 4.94. The molecule has 0 aliphatic heterocycles. The van der Waals surface area contributed by atoms with Crippen LogP contribution in [0.3, 0.4) is 0 Å². The number of unbranched alkanes of at least 4 members (excludes halogenated alkanes) is 1. The normalized spacial score (nSPS) is 23.2. The fourth-order valence-electron chi connectivity index (χ4n) is 2.30. The van der Waals surface area contributed by atoms with E-state index in [1.54, 1.807) is 0 Å². The van der Waals surface area contributed by atoms with Gasteiger partial charge in [-0.2, -0.15) is 0 Å². The van der Waals surface area contributed by atoms with Crippen LogP contribution in [0.5, 0.6) is 0 Å². The fourth-order valence-corrected chi connectivity index (χ4v) is 2.30. The first-order valence-corrected chi connectivity index (χ1v) is 6.80. The Morgan fingerprint density at radius 3 is 2.47 bits per heavy atom. The van der Waals surface area contributed by atoms with Crippen LogP contribution >= 0.6 is 0 Å². The van der Waals surface area contributed by atoms with Crippen molar-refractivity contribution in [3.05, 3.63) is 0 Å². The van der Waals surface area contributed by atoms with Crippen LogP contribution in [-0.4, -0.2) is 25.3 Å². The summed E-state index contributed by atoms with van der Waals surface area (Å²) in [5.74, 6) is 0. The Morgan fingerprint density at radius 2 is 1.73 bits per heavy atom. The Bertz CT molecular complexity index is 162. The van der Waals surface area contributed by atoms with E-state index in [2.05, 4.69) is 5.32 Å². The largest absolute Gasteiger partial charge is 0.378 e. The van der Waals surface area contributed by atoms with Crippen molar-refractivity contribution in [3.63, 3.8) is 0 Å². The molecule has 2 rings (SSSR count). The van der Waals surface area contributed by atoms with Gasteiger partial charge in [-0.3, -0.25) is 0 Å². The minimum absolute atomic E-state index is 0.593. The van der Waals surface area contributed by atoms with Crippen LogP contribution in [-0.2, 0) is 4.74 Å². The lowest BCUT2D eigenvalue weighted by atomic mass is 9.98. The molecule has 0 heterocycles. The van der Waals surface area contributed by atoms with E-state index in [0.29, 0.717) is 6.10 Å². The molecule has 2 aliphatic rings. The molecule has 2 heteroatoms. The van der Waals surface area contributed by atoms with Crippen molar-refractivity contribution in [2.45, 2.75) is 69.9 Å². The molecule has 0 aromatic heterocycles. The maximum Gasteiger partial charge on any atom is 0.0575 e. The first-order chi connectivity index (χ1) is 7.45. The molecule has 0 radical (unpaired) electrons. The third-order valence-electron chi connectivity index (χ3n) is 3.49.